The van der Waals surface area contributed by atoms with Gasteiger partial charge in [-0.25, -0.2) is 24.3 Å². The van der Waals surface area contributed by atoms with Crippen LogP contribution in [-0.4, -0.2) is 40.4 Å². The molecule has 0 unspecified atom stereocenters. The van der Waals surface area contributed by atoms with Crippen molar-refractivity contribution in [1.82, 2.24) is 34.5 Å². The summed E-state index contributed by atoms with van der Waals surface area (Å²) in [4.78, 5) is 26.3. The average molecular weight is 414 g/mol. The lowest BCUT2D eigenvalue weighted by Crippen LogP contribution is -2.16. The molecule has 10 heteroatoms. The Morgan fingerprint density at radius 2 is 2.10 bits per heavy atom. The van der Waals surface area contributed by atoms with Gasteiger partial charge in [0.15, 0.2) is 17.2 Å². The maximum absolute atomic E-state index is 13.4. The van der Waals surface area contributed by atoms with Crippen molar-refractivity contribution in [2.45, 2.75) is 19.9 Å². The topological polar surface area (TPSA) is 117 Å². The molecule has 5 aromatic rings. The van der Waals surface area contributed by atoms with Gasteiger partial charge < -0.3 is 9.73 Å². The predicted molar refractivity (Wildman–Crippen MR) is 113 cm³/mol. The molecule has 0 saturated heterocycles. The second-order valence-electron chi connectivity index (χ2n) is 7.12. The molecule has 0 spiro atoms. The van der Waals surface area contributed by atoms with Crippen LogP contribution in [0.15, 0.2) is 66.1 Å². The largest absolute Gasteiger partial charge is 0.463 e. The minimum atomic E-state index is -0.321. The maximum atomic E-state index is 13.4. The minimum Gasteiger partial charge on any atom is -0.463 e. The molecular formula is C21H18N8O2. The molecule has 154 valence electrons. The number of nitrogens with zero attached hydrogens (tertiary/aromatic N) is 7. The summed E-state index contributed by atoms with van der Waals surface area (Å²) in [7, 11) is 0. The Balaban J connectivity index is 1.61. The monoisotopic (exact) mass is 414 g/mol. The molecule has 5 aromatic heterocycles. The van der Waals surface area contributed by atoms with Crippen LogP contribution < -0.4 is 5.32 Å². The number of aromatic nitrogens is 7. The first-order chi connectivity index (χ1) is 15.1. The van der Waals surface area contributed by atoms with Crippen LogP contribution in [-0.2, 0) is 0 Å². The van der Waals surface area contributed by atoms with Gasteiger partial charge in [-0.05, 0) is 44.2 Å². The fraction of sp³-hybridized carbons (Fsp3) is 0.143. The van der Waals surface area contributed by atoms with Crippen molar-refractivity contribution in [3.63, 3.8) is 0 Å². The van der Waals surface area contributed by atoms with Gasteiger partial charge >= 0.3 is 0 Å². The SMILES string of the molecule is CC(C)n1ncc2c(C(=O)Nc3cccnc3-n3cncn3)cc(-c3ccco3)nc21. The number of pyridine rings is 2. The second-order valence-corrected chi connectivity index (χ2v) is 7.12. The third kappa shape index (κ3) is 3.33. The lowest BCUT2D eigenvalue weighted by Gasteiger charge is -2.12. The molecule has 31 heavy (non-hydrogen) atoms. The van der Waals surface area contributed by atoms with E-state index in [9.17, 15) is 4.79 Å². The normalized spacial score (nSPS) is 11.3. The van der Waals surface area contributed by atoms with Crippen molar-refractivity contribution in [3.8, 4) is 17.3 Å². The van der Waals surface area contributed by atoms with E-state index in [2.05, 4.69) is 25.5 Å². The maximum Gasteiger partial charge on any atom is 0.256 e. The molecule has 0 bridgehead atoms. The van der Waals surface area contributed by atoms with E-state index < -0.39 is 0 Å². The van der Waals surface area contributed by atoms with Gasteiger partial charge in [0.25, 0.3) is 5.91 Å². The van der Waals surface area contributed by atoms with E-state index in [1.165, 1.54) is 17.3 Å². The molecule has 0 aliphatic heterocycles. The van der Waals surface area contributed by atoms with Gasteiger partial charge in [0.2, 0.25) is 0 Å². The highest BCUT2D eigenvalue weighted by atomic mass is 16.3. The first kappa shape index (κ1) is 18.7. The van der Waals surface area contributed by atoms with E-state index in [4.69, 9.17) is 9.40 Å². The number of nitrogens with one attached hydrogen (secondary N) is 1. The van der Waals surface area contributed by atoms with Crippen molar-refractivity contribution in [2.24, 2.45) is 0 Å². The number of fused-ring (bicyclic) bond motifs is 1. The van der Waals surface area contributed by atoms with Crippen LogP contribution in [0.4, 0.5) is 5.69 Å². The van der Waals surface area contributed by atoms with E-state index in [-0.39, 0.29) is 11.9 Å². The quantitative estimate of drug-likeness (QED) is 0.468. The Hall–Kier alpha value is -4.34. The van der Waals surface area contributed by atoms with Crippen LogP contribution in [0.5, 0.6) is 0 Å². The van der Waals surface area contributed by atoms with Crippen molar-refractivity contribution in [2.75, 3.05) is 5.32 Å². The Bertz CT molecular complexity index is 1350. The number of carbonyl (C=O) groups excluding carboxylic acids is 1. The highest BCUT2D eigenvalue weighted by molar-refractivity contribution is 6.13. The van der Waals surface area contributed by atoms with Crippen LogP contribution in [0.3, 0.4) is 0 Å². The van der Waals surface area contributed by atoms with Gasteiger partial charge in [-0.3, -0.25) is 4.79 Å². The van der Waals surface area contributed by atoms with Gasteiger partial charge in [0.1, 0.15) is 18.3 Å². The van der Waals surface area contributed by atoms with Crippen LogP contribution in [0.25, 0.3) is 28.3 Å². The summed E-state index contributed by atoms with van der Waals surface area (Å²) >= 11 is 0. The van der Waals surface area contributed by atoms with Gasteiger partial charge in [-0.15, -0.1) is 0 Å². The fourth-order valence-electron chi connectivity index (χ4n) is 3.32. The van der Waals surface area contributed by atoms with E-state index in [1.807, 2.05) is 13.8 Å². The molecule has 1 amide bonds. The molecule has 0 radical (unpaired) electrons. The minimum absolute atomic E-state index is 0.0741. The molecule has 0 aromatic carbocycles. The predicted octanol–water partition coefficient (Wildman–Crippen LogP) is 3.50. The number of furan rings is 1. The zero-order chi connectivity index (χ0) is 21.4. The smallest absolute Gasteiger partial charge is 0.256 e. The summed E-state index contributed by atoms with van der Waals surface area (Å²) < 4.78 is 8.78. The summed E-state index contributed by atoms with van der Waals surface area (Å²) in [5.41, 5.74) is 2.08. The van der Waals surface area contributed by atoms with Crippen molar-refractivity contribution in [3.05, 3.63) is 67.2 Å². The lowest BCUT2D eigenvalue weighted by atomic mass is 10.1. The summed E-state index contributed by atoms with van der Waals surface area (Å²) in [6, 6.07) is 8.85. The molecule has 0 atom stereocenters. The Morgan fingerprint density at radius 1 is 1.19 bits per heavy atom. The van der Waals surface area contributed by atoms with Gasteiger partial charge in [0.05, 0.1) is 29.1 Å². The summed E-state index contributed by atoms with van der Waals surface area (Å²) in [5.74, 6) is 0.706. The van der Waals surface area contributed by atoms with E-state index in [0.717, 1.165) is 0 Å². The number of anilines is 1. The number of carbonyl (C=O) groups is 1. The Morgan fingerprint density at radius 3 is 2.84 bits per heavy atom. The molecule has 5 rings (SSSR count). The van der Waals surface area contributed by atoms with Gasteiger partial charge in [0, 0.05) is 12.2 Å². The summed E-state index contributed by atoms with van der Waals surface area (Å²) in [6.07, 6.45) is 7.78. The molecule has 5 heterocycles. The van der Waals surface area contributed by atoms with Crippen LogP contribution >= 0.6 is 0 Å². The summed E-state index contributed by atoms with van der Waals surface area (Å²) in [6.45, 7) is 4.01. The van der Waals surface area contributed by atoms with Crippen LogP contribution in [0.1, 0.15) is 30.2 Å². The second kappa shape index (κ2) is 7.48. The summed E-state index contributed by atoms with van der Waals surface area (Å²) in [5, 5.41) is 12.1. The first-order valence-electron chi connectivity index (χ1n) is 9.65. The zero-order valence-corrected chi connectivity index (χ0v) is 16.8. The highest BCUT2D eigenvalue weighted by Gasteiger charge is 2.20. The fourth-order valence-corrected chi connectivity index (χ4v) is 3.32. The Labute approximate surface area is 176 Å². The van der Waals surface area contributed by atoms with Gasteiger partial charge in [-0.1, -0.05) is 0 Å². The standard InChI is InChI=1S/C21H18N8O2/c1-13(2)29-19-15(10-24-29)14(9-17(26-19)18-6-4-8-31-18)21(30)27-16-5-3-7-23-20(16)28-12-22-11-25-28/h3-13H,1-2H3,(H,27,30). The zero-order valence-electron chi connectivity index (χ0n) is 16.8. The molecule has 0 aliphatic carbocycles. The third-order valence-corrected chi connectivity index (χ3v) is 4.74. The highest BCUT2D eigenvalue weighted by Crippen LogP contribution is 2.28. The molecule has 0 fully saturated rings. The van der Waals surface area contributed by atoms with Crippen molar-refractivity contribution >= 4 is 22.6 Å². The van der Waals surface area contributed by atoms with E-state index in [0.29, 0.717) is 39.6 Å². The van der Waals surface area contributed by atoms with Gasteiger partial charge in [-0.2, -0.15) is 10.2 Å². The van der Waals surface area contributed by atoms with Crippen LogP contribution in [0.2, 0.25) is 0 Å². The number of rotatable bonds is 5. The van der Waals surface area contributed by atoms with E-state index >= 15 is 0 Å². The first-order valence-corrected chi connectivity index (χ1v) is 9.65. The van der Waals surface area contributed by atoms with Crippen molar-refractivity contribution in [1.29, 1.82) is 0 Å². The average Bonchev–Trinajstić information content (AvgIpc) is 3.54. The van der Waals surface area contributed by atoms with Crippen molar-refractivity contribution < 1.29 is 9.21 Å². The lowest BCUT2D eigenvalue weighted by molar-refractivity contribution is 0.102. The van der Waals surface area contributed by atoms with E-state index in [1.54, 1.807) is 53.7 Å². The number of hydrogen-bond donors (Lipinski definition) is 1. The molecular weight excluding hydrogens is 396 g/mol. The molecule has 10 nitrogen and oxygen atoms in total. The third-order valence-electron chi connectivity index (χ3n) is 4.74. The molecule has 0 aliphatic rings. The van der Waals surface area contributed by atoms with Crippen LogP contribution in [0, 0.1) is 0 Å². The number of hydrogen-bond acceptors (Lipinski definition) is 7. The number of amides is 1. The molecule has 0 saturated carbocycles. The Kier molecular flexibility index (Phi) is 4.51. The molecule has 1 N–H and O–H groups in total.